The summed E-state index contributed by atoms with van der Waals surface area (Å²) in [5, 5.41) is 0. The SMILES string of the molecule is C#CCN(CC1CC1)C(=O)C(CN)CC(C)(C)C. The molecule has 1 saturated carbocycles. The topological polar surface area (TPSA) is 46.3 Å². The van der Waals surface area contributed by atoms with Gasteiger partial charge in [-0.05, 0) is 30.6 Å². The van der Waals surface area contributed by atoms with Crippen LogP contribution in [0.5, 0.6) is 0 Å². The van der Waals surface area contributed by atoms with Crippen LogP contribution in [0.3, 0.4) is 0 Å². The number of hydrogen-bond acceptors (Lipinski definition) is 2. The number of carbonyl (C=O) groups is 1. The van der Waals surface area contributed by atoms with Crippen LogP contribution in [-0.2, 0) is 4.79 Å². The van der Waals surface area contributed by atoms with Crippen LogP contribution >= 0.6 is 0 Å². The standard InChI is InChI=1S/C15H26N2O/c1-5-8-17(11-12-6-7-12)14(18)13(10-16)9-15(2,3)4/h1,12-13H,6-11,16H2,2-4H3. The Hall–Kier alpha value is -1.01. The molecule has 0 spiro atoms. The lowest BCUT2D eigenvalue weighted by Gasteiger charge is -2.29. The molecule has 0 aromatic carbocycles. The van der Waals surface area contributed by atoms with Gasteiger partial charge in [0, 0.05) is 13.1 Å². The number of hydrogen-bond donors (Lipinski definition) is 1. The predicted octanol–water partition coefficient (Wildman–Crippen LogP) is 1.87. The van der Waals surface area contributed by atoms with Gasteiger partial charge >= 0.3 is 0 Å². The van der Waals surface area contributed by atoms with Gasteiger partial charge < -0.3 is 10.6 Å². The van der Waals surface area contributed by atoms with Crippen molar-refractivity contribution in [3.05, 3.63) is 0 Å². The van der Waals surface area contributed by atoms with Gasteiger partial charge in [0.1, 0.15) is 0 Å². The van der Waals surface area contributed by atoms with Crippen molar-refractivity contribution >= 4 is 5.91 Å². The Kier molecular flexibility index (Phi) is 5.22. The molecule has 2 N–H and O–H groups in total. The Morgan fingerprint density at radius 3 is 2.50 bits per heavy atom. The number of amides is 1. The third-order valence-corrected chi connectivity index (χ3v) is 3.26. The molecular formula is C15H26N2O. The number of nitrogens with zero attached hydrogens (tertiary/aromatic N) is 1. The molecule has 1 aliphatic rings. The van der Waals surface area contributed by atoms with E-state index in [0.29, 0.717) is 19.0 Å². The van der Waals surface area contributed by atoms with E-state index in [0.717, 1.165) is 13.0 Å². The molecular weight excluding hydrogens is 224 g/mol. The fourth-order valence-corrected chi connectivity index (χ4v) is 2.22. The highest BCUT2D eigenvalue weighted by atomic mass is 16.2. The molecule has 0 aromatic heterocycles. The summed E-state index contributed by atoms with van der Waals surface area (Å²) in [5.41, 5.74) is 5.87. The van der Waals surface area contributed by atoms with Crippen LogP contribution in [0.25, 0.3) is 0 Å². The van der Waals surface area contributed by atoms with Crippen molar-refractivity contribution in [1.29, 1.82) is 0 Å². The third kappa shape index (κ3) is 5.10. The van der Waals surface area contributed by atoms with E-state index in [1.165, 1.54) is 12.8 Å². The third-order valence-electron chi connectivity index (χ3n) is 3.26. The lowest BCUT2D eigenvalue weighted by Crippen LogP contribution is -2.41. The smallest absolute Gasteiger partial charge is 0.227 e. The Morgan fingerprint density at radius 2 is 2.11 bits per heavy atom. The molecule has 1 aliphatic carbocycles. The molecule has 102 valence electrons. The maximum absolute atomic E-state index is 12.5. The zero-order chi connectivity index (χ0) is 13.8. The summed E-state index contributed by atoms with van der Waals surface area (Å²) in [4.78, 5) is 14.3. The van der Waals surface area contributed by atoms with E-state index >= 15 is 0 Å². The first-order chi connectivity index (χ1) is 8.37. The van der Waals surface area contributed by atoms with Crippen LogP contribution in [0.4, 0.5) is 0 Å². The Bertz CT molecular complexity index is 320. The molecule has 1 fully saturated rings. The fraction of sp³-hybridized carbons (Fsp3) is 0.800. The zero-order valence-corrected chi connectivity index (χ0v) is 11.9. The van der Waals surface area contributed by atoms with Crippen LogP contribution in [0.2, 0.25) is 0 Å². The molecule has 3 nitrogen and oxygen atoms in total. The van der Waals surface area contributed by atoms with E-state index < -0.39 is 0 Å². The van der Waals surface area contributed by atoms with Gasteiger partial charge in [0.05, 0.1) is 12.5 Å². The maximum atomic E-state index is 12.5. The summed E-state index contributed by atoms with van der Waals surface area (Å²) in [6, 6.07) is 0. The van der Waals surface area contributed by atoms with Gasteiger partial charge in [-0.1, -0.05) is 26.7 Å². The summed E-state index contributed by atoms with van der Waals surface area (Å²) in [7, 11) is 0. The highest BCUT2D eigenvalue weighted by Gasteiger charge is 2.31. The molecule has 1 unspecified atom stereocenters. The van der Waals surface area contributed by atoms with Gasteiger partial charge in [0.15, 0.2) is 0 Å². The largest absolute Gasteiger partial charge is 0.331 e. The second-order valence-electron chi connectivity index (χ2n) is 6.56. The summed E-state index contributed by atoms with van der Waals surface area (Å²) >= 11 is 0. The minimum absolute atomic E-state index is 0.0999. The summed E-state index contributed by atoms with van der Waals surface area (Å²) in [5.74, 6) is 3.29. The Morgan fingerprint density at radius 1 is 1.50 bits per heavy atom. The quantitative estimate of drug-likeness (QED) is 0.732. The number of nitrogens with two attached hydrogens (primary N) is 1. The van der Waals surface area contributed by atoms with Gasteiger partial charge in [-0.25, -0.2) is 0 Å². The molecule has 3 heteroatoms. The average molecular weight is 250 g/mol. The second kappa shape index (κ2) is 6.24. The van der Waals surface area contributed by atoms with E-state index in [-0.39, 0.29) is 17.2 Å². The fourth-order valence-electron chi connectivity index (χ4n) is 2.22. The van der Waals surface area contributed by atoms with E-state index in [4.69, 9.17) is 12.2 Å². The van der Waals surface area contributed by atoms with Gasteiger partial charge in [-0.3, -0.25) is 4.79 Å². The van der Waals surface area contributed by atoms with Crippen molar-refractivity contribution in [3.8, 4) is 12.3 Å². The molecule has 0 aliphatic heterocycles. The van der Waals surface area contributed by atoms with Gasteiger partial charge in [-0.2, -0.15) is 0 Å². The highest BCUT2D eigenvalue weighted by Crippen LogP contribution is 2.31. The van der Waals surface area contributed by atoms with Crippen molar-refractivity contribution < 1.29 is 4.79 Å². The molecule has 1 amide bonds. The second-order valence-corrected chi connectivity index (χ2v) is 6.56. The number of carbonyl (C=O) groups excluding carboxylic acids is 1. The first-order valence-electron chi connectivity index (χ1n) is 6.79. The molecule has 0 bridgehead atoms. The molecule has 0 radical (unpaired) electrons. The van der Waals surface area contributed by atoms with Crippen molar-refractivity contribution in [2.45, 2.75) is 40.0 Å². The average Bonchev–Trinajstić information content (AvgIpc) is 3.07. The molecule has 1 atom stereocenters. The molecule has 0 aromatic rings. The minimum Gasteiger partial charge on any atom is -0.331 e. The van der Waals surface area contributed by atoms with Crippen LogP contribution < -0.4 is 5.73 Å². The zero-order valence-electron chi connectivity index (χ0n) is 11.9. The lowest BCUT2D eigenvalue weighted by atomic mass is 9.84. The molecule has 1 rings (SSSR count). The van der Waals surface area contributed by atoms with E-state index in [2.05, 4.69) is 26.7 Å². The lowest BCUT2D eigenvalue weighted by molar-refractivity contribution is -0.135. The monoisotopic (exact) mass is 250 g/mol. The van der Waals surface area contributed by atoms with Crippen molar-refractivity contribution in [3.63, 3.8) is 0 Å². The maximum Gasteiger partial charge on any atom is 0.227 e. The van der Waals surface area contributed by atoms with Gasteiger partial charge in [-0.15, -0.1) is 6.42 Å². The van der Waals surface area contributed by atoms with Crippen LogP contribution in [0.1, 0.15) is 40.0 Å². The number of rotatable bonds is 6. The van der Waals surface area contributed by atoms with E-state index in [1.807, 2.05) is 4.90 Å². The van der Waals surface area contributed by atoms with Crippen LogP contribution in [-0.4, -0.2) is 30.4 Å². The van der Waals surface area contributed by atoms with E-state index in [1.54, 1.807) is 0 Å². The van der Waals surface area contributed by atoms with Gasteiger partial charge in [0.25, 0.3) is 0 Å². The van der Waals surface area contributed by atoms with Crippen molar-refractivity contribution in [2.75, 3.05) is 19.6 Å². The first-order valence-corrected chi connectivity index (χ1v) is 6.79. The van der Waals surface area contributed by atoms with E-state index in [9.17, 15) is 4.79 Å². The van der Waals surface area contributed by atoms with Crippen molar-refractivity contribution in [2.24, 2.45) is 23.0 Å². The van der Waals surface area contributed by atoms with Crippen LogP contribution in [0, 0.1) is 29.6 Å². The Balaban J connectivity index is 2.63. The Labute approximate surface area is 111 Å². The van der Waals surface area contributed by atoms with Gasteiger partial charge in [0.2, 0.25) is 5.91 Å². The summed E-state index contributed by atoms with van der Waals surface area (Å²) < 4.78 is 0. The number of terminal acetylenes is 1. The molecule has 0 heterocycles. The highest BCUT2D eigenvalue weighted by molar-refractivity contribution is 5.79. The van der Waals surface area contributed by atoms with Crippen molar-refractivity contribution in [1.82, 2.24) is 4.90 Å². The minimum atomic E-state index is -0.0999. The van der Waals surface area contributed by atoms with Crippen LogP contribution in [0.15, 0.2) is 0 Å². The predicted molar refractivity (Wildman–Crippen MR) is 74.8 cm³/mol. The molecule has 18 heavy (non-hydrogen) atoms. The molecule has 0 saturated heterocycles. The summed E-state index contributed by atoms with van der Waals surface area (Å²) in [6.45, 7) is 8.03. The normalized spacial score (nSPS) is 17.1. The first kappa shape index (κ1) is 15.0. The summed E-state index contributed by atoms with van der Waals surface area (Å²) in [6.07, 6.45) is 8.62.